The summed E-state index contributed by atoms with van der Waals surface area (Å²) >= 11 is 0. The van der Waals surface area contributed by atoms with Crippen LogP contribution in [0, 0.1) is 0 Å². The number of carbonyl (C=O) groups excluding carboxylic acids is 1. The number of allylic oxidation sites excluding steroid dienone is 1. The van der Waals surface area contributed by atoms with Gasteiger partial charge in [-0.3, -0.25) is 4.79 Å². The van der Waals surface area contributed by atoms with Crippen molar-refractivity contribution in [3.8, 4) is 5.69 Å². The number of hydrogen-bond donors (Lipinski definition) is 0. The molecule has 0 aliphatic heterocycles. The summed E-state index contributed by atoms with van der Waals surface area (Å²) in [6, 6.07) is 9.77. The topological polar surface area (TPSA) is 34.9 Å². The fourth-order valence-corrected chi connectivity index (χ4v) is 1.95. The van der Waals surface area contributed by atoms with Crippen LogP contribution in [-0.4, -0.2) is 16.1 Å². The molecule has 0 saturated heterocycles. The van der Waals surface area contributed by atoms with Crippen LogP contribution < -0.4 is 0 Å². The van der Waals surface area contributed by atoms with E-state index in [1.807, 2.05) is 43.3 Å². The maximum atomic E-state index is 11.1. The van der Waals surface area contributed by atoms with Gasteiger partial charge in [0.05, 0.1) is 16.9 Å². The lowest BCUT2D eigenvalue weighted by Crippen LogP contribution is -1.99. The zero-order chi connectivity index (χ0) is 13.0. The number of benzene rings is 1. The van der Waals surface area contributed by atoms with Gasteiger partial charge in [0.15, 0.2) is 6.29 Å². The van der Waals surface area contributed by atoms with Gasteiger partial charge in [-0.1, -0.05) is 31.2 Å². The molecule has 1 heterocycles. The third-order valence-corrected chi connectivity index (χ3v) is 2.91. The molecular weight excluding hydrogens is 224 g/mol. The van der Waals surface area contributed by atoms with E-state index in [2.05, 4.69) is 11.7 Å². The molecular formula is C15H16N2O. The van der Waals surface area contributed by atoms with Crippen LogP contribution in [0.1, 0.15) is 35.3 Å². The van der Waals surface area contributed by atoms with Gasteiger partial charge in [0.1, 0.15) is 0 Å². The standard InChI is InChI=1S/C15H16N2O/c1-3-7-12(2)15-13(11-18)10-17(16-15)14-8-5-4-6-9-14/h3-6,8-12H,1,7H2,2H3. The van der Waals surface area contributed by atoms with E-state index >= 15 is 0 Å². The summed E-state index contributed by atoms with van der Waals surface area (Å²) < 4.78 is 1.75. The molecule has 0 N–H and O–H groups in total. The van der Waals surface area contributed by atoms with Crippen molar-refractivity contribution in [3.63, 3.8) is 0 Å². The van der Waals surface area contributed by atoms with Gasteiger partial charge in [0.2, 0.25) is 0 Å². The van der Waals surface area contributed by atoms with Crippen LogP contribution >= 0.6 is 0 Å². The van der Waals surface area contributed by atoms with Crippen LogP contribution in [0.2, 0.25) is 0 Å². The first-order valence-electron chi connectivity index (χ1n) is 5.97. The summed E-state index contributed by atoms with van der Waals surface area (Å²) in [5.74, 6) is 0.202. The quantitative estimate of drug-likeness (QED) is 0.593. The maximum Gasteiger partial charge on any atom is 0.153 e. The largest absolute Gasteiger partial charge is 0.298 e. The molecule has 0 fully saturated rings. The van der Waals surface area contributed by atoms with Crippen molar-refractivity contribution < 1.29 is 4.79 Å². The Labute approximate surface area is 107 Å². The lowest BCUT2D eigenvalue weighted by atomic mass is 10.0. The Hall–Kier alpha value is -2.16. The summed E-state index contributed by atoms with van der Waals surface area (Å²) in [5.41, 5.74) is 2.43. The fourth-order valence-electron chi connectivity index (χ4n) is 1.95. The van der Waals surface area contributed by atoms with E-state index in [-0.39, 0.29) is 5.92 Å². The molecule has 1 unspecified atom stereocenters. The summed E-state index contributed by atoms with van der Waals surface area (Å²) in [4.78, 5) is 11.1. The SMILES string of the molecule is C=CCC(C)c1nn(-c2ccccc2)cc1C=O. The normalized spacial score (nSPS) is 12.1. The predicted molar refractivity (Wildman–Crippen MR) is 72.2 cm³/mol. The van der Waals surface area contributed by atoms with Crippen LogP contribution in [0.15, 0.2) is 49.2 Å². The molecule has 0 aliphatic rings. The number of rotatable bonds is 5. The van der Waals surface area contributed by atoms with Crippen molar-refractivity contribution in [1.82, 2.24) is 9.78 Å². The molecule has 0 spiro atoms. The van der Waals surface area contributed by atoms with Crippen molar-refractivity contribution in [1.29, 1.82) is 0 Å². The number of para-hydroxylation sites is 1. The van der Waals surface area contributed by atoms with Crippen molar-refractivity contribution >= 4 is 6.29 Å². The second kappa shape index (κ2) is 5.45. The molecule has 0 amide bonds. The van der Waals surface area contributed by atoms with E-state index in [0.717, 1.165) is 24.1 Å². The summed E-state index contributed by atoms with van der Waals surface area (Å²) in [5, 5.41) is 4.51. The van der Waals surface area contributed by atoms with Crippen molar-refractivity contribution in [2.45, 2.75) is 19.3 Å². The number of aromatic nitrogens is 2. The Morgan fingerprint density at radius 1 is 1.39 bits per heavy atom. The van der Waals surface area contributed by atoms with Crippen LogP contribution in [0.3, 0.4) is 0 Å². The van der Waals surface area contributed by atoms with Crippen molar-refractivity contribution in [2.75, 3.05) is 0 Å². The van der Waals surface area contributed by atoms with Gasteiger partial charge in [-0.25, -0.2) is 4.68 Å². The summed E-state index contributed by atoms with van der Waals surface area (Å²) in [7, 11) is 0. The monoisotopic (exact) mass is 240 g/mol. The molecule has 1 aromatic heterocycles. The third-order valence-electron chi connectivity index (χ3n) is 2.91. The second-order valence-corrected chi connectivity index (χ2v) is 4.29. The number of nitrogens with zero attached hydrogens (tertiary/aromatic N) is 2. The zero-order valence-electron chi connectivity index (χ0n) is 10.4. The average Bonchev–Trinajstić information content (AvgIpc) is 2.84. The number of carbonyl (C=O) groups is 1. The number of hydrogen-bond acceptors (Lipinski definition) is 2. The highest BCUT2D eigenvalue weighted by atomic mass is 16.1. The highest BCUT2D eigenvalue weighted by Crippen LogP contribution is 2.22. The van der Waals surface area contributed by atoms with Crippen LogP contribution in [0.25, 0.3) is 5.69 Å². The first-order valence-corrected chi connectivity index (χ1v) is 5.97. The maximum absolute atomic E-state index is 11.1. The molecule has 92 valence electrons. The third kappa shape index (κ3) is 2.40. The molecule has 2 rings (SSSR count). The summed E-state index contributed by atoms with van der Waals surface area (Å²) in [6.07, 6.45) is 5.30. The smallest absolute Gasteiger partial charge is 0.153 e. The van der Waals surface area contributed by atoms with E-state index in [9.17, 15) is 4.79 Å². The van der Waals surface area contributed by atoms with E-state index in [4.69, 9.17) is 0 Å². The van der Waals surface area contributed by atoms with E-state index in [0.29, 0.717) is 5.56 Å². The minimum Gasteiger partial charge on any atom is -0.298 e. The first-order chi connectivity index (χ1) is 8.76. The molecule has 0 saturated carbocycles. The lowest BCUT2D eigenvalue weighted by Gasteiger charge is -2.05. The lowest BCUT2D eigenvalue weighted by molar-refractivity contribution is 0.112. The zero-order valence-corrected chi connectivity index (χ0v) is 10.4. The van der Waals surface area contributed by atoms with Gasteiger partial charge in [-0.05, 0) is 18.6 Å². The van der Waals surface area contributed by atoms with Gasteiger partial charge in [0, 0.05) is 12.1 Å². The molecule has 1 atom stereocenters. The Balaban J connectivity index is 2.41. The van der Waals surface area contributed by atoms with Crippen LogP contribution in [-0.2, 0) is 0 Å². The minimum atomic E-state index is 0.202. The van der Waals surface area contributed by atoms with Gasteiger partial charge >= 0.3 is 0 Å². The minimum absolute atomic E-state index is 0.202. The number of aldehydes is 1. The predicted octanol–water partition coefficient (Wildman–Crippen LogP) is 3.36. The van der Waals surface area contributed by atoms with Gasteiger partial charge < -0.3 is 0 Å². The molecule has 0 bridgehead atoms. The molecule has 0 radical (unpaired) electrons. The molecule has 0 aliphatic carbocycles. The average molecular weight is 240 g/mol. The Morgan fingerprint density at radius 3 is 2.72 bits per heavy atom. The summed E-state index contributed by atoms with van der Waals surface area (Å²) in [6.45, 7) is 5.77. The van der Waals surface area contributed by atoms with E-state index < -0.39 is 0 Å². The molecule has 3 heteroatoms. The fraction of sp³-hybridized carbons (Fsp3) is 0.200. The Morgan fingerprint density at radius 2 is 2.11 bits per heavy atom. The highest BCUT2D eigenvalue weighted by molar-refractivity contribution is 5.76. The van der Waals surface area contributed by atoms with Gasteiger partial charge in [-0.15, -0.1) is 6.58 Å². The van der Waals surface area contributed by atoms with Gasteiger partial charge in [-0.2, -0.15) is 5.10 Å². The van der Waals surface area contributed by atoms with E-state index in [1.165, 1.54) is 0 Å². The van der Waals surface area contributed by atoms with Crippen LogP contribution in [0.5, 0.6) is 0 Å². The molecule has 3 nitrogen and oxygen atoms in total. The first kappa shape index (κ1) is 12.3. The molecule has 18 heavy (non-hydrogen) atoms. The van der Waals surface area contributed by atoms with Gasteiger partial charge in [0.25, 0.3) is 0 Å². The van der Waals surface area contributed by atoms with E-state index in [1.54, 1.807) is 10.9 Å². The van der Waals surface area contributed by atoms with Crippen LogP contribution in [0.4, 0.5) is 0 Å². The van der Waals surface area contributed by atoms with Crippen molar-refractivity contribution in [3.05, 3.63) is 60.4 Å². The highest BCUT2D eigenvalue weighted by Gasteiger charge is 2.14. The molecule has 2 aromatic rings. The van der Waals surface area contributed by atoms with Crippen molar-refractivity contribution in [2.24, 2.45) is 0 Å². The molecule has 1 aromatic carbocycles. The second-order valence-electron chi connectivity index (χ2n) is 4.29. The Kier molecular flexibility index (Phi) is 3.72. The Bertz CT molecular complexity index is 543.